The largest absolute Gasteiger partial charge is 0.379 e. The number of carbonyl (C=O) groups excluding carboxylic acids is 1. The van der Waals surface area contributed by atoms with Crippen LogP contribution >= 0.6 is 0 Å². The third-order valence-electron chi connectivity index (χ3n) is 4.14. The molecule has 0 aromatic heterocycles. The van der Waals surface area contributed by atoms with Crippen LogP contribution in [0.5, 0.6) is 0 Å². The van der Waals surface area contributed by atoms with Gasteiger partial charge >= 0.3 is 0 Å². The van der Waals surface area contributed by atoms with Crippen LogP contribution in [0.25, 0.3) is 0 Å². The fourth-order valence-corrected chi connectivity index (χ4v) is 2.73. The topological polar surface area (TPSA) is 32.8 Å². The van der Waals surface area contributed by atoms with Crippen molar-refractivity contribution in [3.63, 3.8) is 0 Å². The van der Waals surface area contributed by atoms with Crippen LogP contribution in [-0.4, -0.2) is 62.1 Å². The zero-order chi connectivity index (χ0) is 15.1. The Hall–Kier alpha value is -1.39. The van der Waals surface area contributed by atoms with E-state index < -0.39 is 0 Å². The number of hydrogen-bond acceptors (Lipinski definition) is 3. The second-order valence-electron chi connectivity index (χ2n) is 5.59. The summed E-state index contributed by atoms with van der Waals surface area (Å²) in [5, 5.41) is 0. The van der Waals surface area contributed by atoms with Crippen molar-refractivity contribution in [2.75, 3.05) is 46.4 Å². The van der Waals surface area contributed by atoms with E-state index in [0.29, 0.717) is 0 Å². The van der Waals surface area contributed by atoms with Crippen molar-refractivity contribution in [1.82, 2.24) is 9.80 Å². The molecule has 1 atom stereocenters. The Morgan fingerprint density at radius 2 is 1.95 bits per heavy atom. The van der Waals surface area contributed by atoms with Crippen molar-refractivity contribution < 1.29 is 9.53 Å². The van der Waals surface area contributed by atoms with Crippen molar-refractivity contribution in [2.45, 2.75) is 19.3 Å². The normalized spacial score (nSPS) is 17.4. The molecule has 0 N–H and O–H groups in total. The van der Waals surface area contributed by atoms with Crippen molar-refractivity contribution in [2.24, 2.45) is 0 Å². The summed E-state index contributed by atoms with van der Waals surface area (Å²) in [6, 6.07) is 10.1. The van der Waals surface area contributed by atoms with Gasteiger partial charge in [-0.15, -0.1) is 0 Å². The Bertz CT molecular complexity index is 430. The smallest absolute Gasteiger partial charge is 0.229 e. The molecule has 0 spiro atoms. The van der Waals surface area contributed by atoms with Crippen LogP contribution in [0.1, 0.15) is 24.8 Å². The molecule has 1 saturated heterocycles. The zero-order valence-corrected chi connectivity index (χ0v) is 13.1. The molecule has 1 aliphatic heterocycles. The van der Waals surface area contributed by atoms with Crippen LogP contribution in [0.3, 0.4) is 0 Å². The monoisotopic (exact) mass is 290 g/mol. The second kappa shape index (κ2) is 8.15. The van der Waals surface area contributed by atoms with E-state index in [0.717, 1.165) is 51.4 Å². The summed E-state index contributed by atoms with van der Waals surface area (Å²) in [7, 11) is 1.91. The van der Waals surface area contributed by atoms with Gasteiger partial charge in [0.15, 0.2) is 0 Å². The molecule has 4 heteroatoms. The van der Waals surface area contributed by atoms with Gasteiger partial charge in [-0.05, 0) is 12.0 Å². The lowest BCUT2D eigenvalue weighted by atomic mass is 9.95. The first-order valence-electron chi connectivity index (χ1n) is 7.82. The van der Waals surface area contributed by atoms with E-state index >= 15 is 0 Å². The minimum Gasteiger partial charge on any atom is -0.379 e. The number of likely N-dealkylation sites (N-methyl/N-ethyl adjacent to an activating group) is 1. The van der Waals surface area contributed by atoms with Crippen LogP contribution in [0.2, 0.25) is 0 Å². The summed E-state index contributed by atoms with van der Waals surface area (Å²) in [4.78, 5) is 16.9. The first-order valence-corrected chi connectivity index (χ1v) is 7.82. The van der Waals surface area contributed by atoms with E-state index in [4.69, 9.17) is 4.74 Å². The first-order chi connectivity index (χ1) is 10.2. The Morgan fingerprint density at radius 3 is 2.57 bits per heavy atom. The van der Waals surface area contributed by atoms with Gasteiger partial charge in [0.2, 0.25) is 5.91 Å². The maximum absolute atomic E-state index is 12.6. The van der Waals surface area contributed by atoms with Gasteiger partial charge in [0, 0.05) is 33.2 Å². The highest BCUT2D eigenvalue weighted by molar-refractivity contribution is 5.83. The number of nitrogens with zero attached hydrogens (tertiary/aromatic N) is 2. The number of morpholine rings is 1. The minimum atomic E-state index is -0.0270. The van der Waals surface area contributed by atoms with Crippen LogP contribution in [0, 0.1) is 0 Å². The Labute approximate surface area is 127 Å². The molecule has 1 aliphatic rings. The first kappa shape index (κ1) is 16.0. The van der Waals surface area contributed by atoms with Crippen molar-refractivity contribution in [3.05, 3.63) is 35.9 Å². The van der Waals surface area contributed by atoms with Crippen LogP contribution < -0.4 is 0 Å². The number of hydrogen-bond donors (Lipinski definition) is 0. The number of amides is 1. The van der Waals surface area contributed by atoms with Gasteiger partial charge in [-0.1, -0.05) is 37.3 Å². The quantitative estimate of drug-likeness (QED) is 0.803. The molecule has 1 fully saturated rings. The highest BCUT2D eigenvalue weighted by atomic mass is 16.5. The Balaban J connectivity index is 1.88. The molecule has 1 aromatic rings. The minimum absolute atomic E-state index is 0.0270. The zero-order valence-electron chi connectivity index (χ0n) is 13.1. The van der Waals surface area contributed by atoms with E-state index in [2.05, 4.69) is 11.8 Å². The van der Waals surface area contributed by atoms with Gasteiger partial charge < -0.3 is 9.64 Å². The Morgan fingerprint density at radius 1 is 1.29 bits per heavy atom. The molecule has 0 radical (unpaired) electrons. The lowest BCUT2D eigenvalue weighted by molar-refractivity contribution is -0.131. The summed E-state index contributed by atoms with van der Waals surface area (Å²) in [5.74, 6) is 0.192. The third-order valence-corrected chi connectivity index (χ3v) is 4.14. The predicted octanol–water partition coefficient (Wildman–Crippen LogP) is 1.97. The van der Waals surface area contributed by atoms with E-state index in [-0.39, 0.29) is 11.8 Å². The fraction of sp³-hybridized carbons (Fsp3) is 0.588. The van der Waals surface area contributed by atoms with Gasteiger partial charge in [-0.3, -0.25) is 9.69 Å². The second-order valence-corrected chi connectivity index (χ2v) is 5.59. The maximum atomic E-state index is 12.6. The van der Waals surface area contributed by atoms with Crippen molar-refractivity contribution in [3.8, 4) is 0 Å². The number of benzene rings is 1. The molecule has 1 aromatic carbocycles. The van der Waals surface area contributed by atoms with E-state index in [9.17, 15) is 4.79 Å². The molecule has 2 rings (SSSR count). The average Bonchev–Trinajstić information content (AvgIpc) is 2.55. The SMILES string of the molecule is CC[C@@H](C(=O)N(C)CCN1CCOCC1)c1ccccc1. The number of ether oxygens (including phenoxy) is 1. The van der Waals surface area contributed by atoms with Crippen molar-refractivity contribution >= 4 is 5.91 Å². The van der Waals surface area contributed by atoms with E-state index in [1.165, 1.54) is 0 Å². The van der Waals surface area contributed by atoms with Gasteiger partial charge in [-0.25, -0.2) is 0 Å². The third kappa shape index (κ3) is 4.55. The molecule has 0 saturated carbocycles. The van der Waals surface area contributed by atoms with Gasteiger partial charge in [0.25, 0.3) is 0 Å². The standard InChI is InChI=1S/C17H26N2O2/c1-3-16(15-7-5-4-6-8-15)17(20)18(2)9-10-19-11-13-21-14-12-19/h4-8,16H,3,9-14H2,1-2H3/t16-/m1/s1. The molecule has 0 aliphatic carbocycles. The summed E-state index contributed by atoms with van der Waals surface area (Å²) < 4.78 is 5.35. The number of rotatable bonds is 6. The molecule has 1 heterocycles. The average molecular weight is 290 g/mol. The van der Waals surface area contributed by atoms with Gasteiger partial charge in [0.1, 0.15) is 0 Å². The lowest BCUT2D eigenvalue weighted by Crippen LogP contribution is -2.42. The summed E-state index contributed by atoms with van der Waals surface area (Å²) >= 11 is 0. The molecule has 116 valence electrons. The molecular weight excluding hydrogens is 264 g/mol. The molecule has 0 unspecified atom stereocenters. The van der Waals surface area contributed by atoms with Crippen molar-refractivity contribution in [1.29, 1.82) is 0 Å². The highest BCUT2D eigenvalue weighted by Crippen LogP contribution is 2.21. The van der Waals surface area contributed by atoms with Gasteiger partial charge in [-0.2, -0.15) is 0 Å². The molecule has 21 heavy (non-hydrogen) atoms. The lowest BCUT2D eigenvalue weighted by Gasteiger charge is -2.30. The fourth-order valence-electron chi connectivity index (χ4n) is 2.73. The highest BCUT2D eigenvalue weighted by Gasteiger charge is 2.22. The van der Waals surface area contributed by atoms with Crippen LogP contribution in [-0.2, 0) is 9.53 Å². The molecular formula is C17H26N2O2. The van der Waals surface area contributed by atoms with Gasteiger partial charge in [0.05, 0.1) is 19.1 Å². The summed E-state index contributed by atoms with van der Waals surface area (Å²) in [6.07, 6.45) is 0.838. The molecule has 1 amide bonds. The van der Waals surface area contributed by atoms with E-state index in [1.807, 2.05) is 42.3 Å². The van der Waals surface area contributed by atoms with Crippen LogP contribution in [0.15, 0.2) is 30.3 Å². The van der Waals surface area contributed by atoms with E-state index in [1.54, 1.807) is 0 Å². The van der Waals surface area contributed by atoms with Crippen LogP contribution in [0.4, 0.5) is 0 Å². The molecule has 0 bridgehead atoms. The molecule has 4 nitrogen and oxygen atoms in total. The predicted molar refractivity (Wildman–Crippen MR) is 84.4 cm³/mol. The summed E-state index contributed by atoms with van der Waals surface area (Å²) in [5.41, 5.74) is 1.11. The number of carbonyl (C=O) groups is 1. The summed E-state index contributed by atoms with van der Waals surface area (Å²) in [6.45, 7) is 7.33. The Kier molecular flexibility index (Phi) is 6.21. The maximum Gasteiger partial charge on any atom is 0.229 e.